The van der Waals surface area contributed by atoms with E-state index in [9.17, 15) is 4.79 Å². The van der Waals surface area contributed by atoms with Gasteiger partial charge in [0.05, 0.1) is 29.2 Å². The molecule has 7 nitrogen and oxygen atoms in total. The molecule has 152 valence electrons. The van der Waals surface area contributed by atoms with Gasteiger partial charge in [-0.25, -0.2) is 14.3 Å². The number of carbonyl (C=O) groups excluding carboxylic acids is 1. The number of aromatic nitrogens is 5. The molecule has 2 aromatic carbocycles. The van der Waals surface area contributed by atoms with E-state index in [-0.39, 0.29) is 12.3 Å². The van der Waals surface area contributed by atoms with Crippen molar-refractivity contribution in [1.82, 2.24) is 24.5 Å². The van der Waals surface area contributed by atoms with Gasteiger partial charge in [-0.05, 0) is 50.6 Å². The predicted octanol–water partition coefficient (Wildman–Crippen LogP) is 4.21. The van der Waals surface area contributed by atoms with Crippen LogP contribution in [-0.2, 0) is 11.2 Å². The van der Waals surface area contributed by atoms with E-state index in [1.54, 1.807) is 11.0 Å². The average molecular weight is 421 g/mol. The van der Waals surface area contributed by atoms with Crippen LogP contribution in [0.4, 0.5) is 5.69 Å². The highest BCUT2D eigenvalue weighted by atomic mass is 35.5. The highest BCUT2D eigenvalue weighted by molar-refractivity contribution is 6.31. The quantitative estimate of drug-likeness (QED) is 0.524. The number of benzene rings is 2. The molecule has 0 saturated carbocycles. The van der Waals surface area contributed by atoms with Crippen LogP contribution >= 0.6 is 11.6 Å². The largest absolute Gasteiger partial charge is 0.324 e. The van der Waals surface area contributed by atoms with Crippen molar-refractivity contribution >= 4 is 23.2 Å². The van der Waals surface area contributed by atoms with Crippen LogP contribution in [-0.4, -0.2) is 30.5 Å². The smallest absolute Gasteiger partial charge is 0.228 e. The molecule has 0 spiro atoms. The molecule has 0 unspecified atom stereocenters. The summed E-state index contributed by atoms with van der Waals surface area (Å²) in [6, 6.07) is 13.3. The molecule has 0 bridgehead atoms. The van der Waals surface area contributed by atoms with Gasteiger partial charge < -0.3 is 5.32 Å². The van der Waals surface area contributed by atoms with Crippen molar-refractivity contribution in [2.75, 3.05) is 5.32 Å². The minimum Gasteiger partial charge on any atom is -0.324 e. The van der Waals surface area contributed by atoms with Crippen LogP contribution in [0.2, 0.25) is 5.02 Å². The van der Waals surface area contributed by atoms with Crippen molar-refractivity contribution in [3.63, 3.8) is 0 Å². The Bertz CT molecular complexity index is 1210. The van der Waals surface area contributed by atoms with E-state index in [0.29, 0.717) is 10.7 Å². The summed E-state index contributed by atoms with van der Waals surface area (Å²) in [4.78, 5) is 16.8. The molecular formula is C22H21ClN6O. The van der Waals surface area contributed by atoms with Crippen LogP contribution in [0.3, 0.4) is 0 Å². The molecule has 4 aromatic rings. The first-order chi connectivity index (χ1) is 14.4. The molecule has 0 fully saturated rings. The molecule has 4 rings (SSSR count). The molecule has 0 saturated heterocycles. The number of para-hydroxylation sites is 2. The number of hydrogen-bond donors (Lipinski definition) is 1. The first kappa shape index (κ1) is 19.8. The molecule has 0 radical (unpaired) electrons. The Kier molecular flexibility index (Phi) is 5.37. The maximum absolute atomic E-state index is 12.8. The lowest BCUT2D eigenvalue weighted by Gasteiger charge is -2.11. The van der Waals surface area contributed by atoms with Gasteiger partial charge >= 0.3 is 0 Å². The standard InChI is InChI=1S/C22H21ClN6O/c1-14-8-9-17(10-19(14)23)29-16(3)18(15(2)27-29)11-22(30)26-20-6-4-5-7-21(20)28-13-24-12-25-28/h4-10,12-13H,11H2,1-3H3,(H,26,30). The van der Waals surface area contributed by atoms with E-state index in [0.717, 1.165) is 33.9 Å². The Labute approximate surface area is 179 Å². The summed E-state index contributed by atoms with van der Waals surface area (Å²) in [5, 5.41) is 12.4. The second-order valence-corrected chi connectivity index (χ2v) is 7.48. The summed E-state index contributed by atoms with van der Waals surface area (Å²) >= 11 is 6.28. The number of aryl methyl sites for hydroxylation is 2. The van der Waals surface area contributed by atoms with Gasteiger partial charge in [-0.15, -0.1) is 0 Å². The number of rotatable bonds is 5. The van der Waals surface area contributed by atoms with Gasteiger partial charge in [0.15, 0.2) is 0 Å². The zero-order chi connectivity index (χ0) is 21.3. The Balaban J connectivity index is 1.58. The number of amides is 1. The van der Waals surface area contributed by atoms with Crippen LogP contribution in [0.25, 0.3) is 11.4 Å². The fourth-order valence-corrected chi connectivity index (χ4v) is 3.54. The van der Waals surface area contributed by atoms with Crippen molar-refractivity contribution < 1.29 is 4.79 Å². The van der Waals surface area contributed by atoms with Crippen LogP contribution in [0.5, 0.6) is 0 Å². The molecule has 0 aliphatic heterocycles. The zero-order valence-corrected chi connectivity index (χ0v) is 17.7. The maximum atomic E-state index is 12.8. The molecule has 0 aliphatic carbocycles. The van der Waals surface area contributed by atoms with E-state index in [1.165, 1.54) is 6.33 Å². The minimum atomic E-state index is -0.129. The summed E-state index contributed by atoms with van der Waals surface area (Å²) in [5.41, 5.74) is 5.91. The Hall–Kier alpha value is -3.45. The van der Waals surface area contributed by atoms with Crippen molar-refractivity contribution in [3.05, 3.63) is 82.7 Å². The average Bonchev–Trinajstić information content (AvgIpc) is 3.35. The molecule has 2 heterocycles. The summed E-state index contributed by atoms with van der Waals surface area (Å²) in [5.74, 6) is -0.129. The van der Waals surface area contributed by atoms with Crippen molar-refractivity contribution in [1.29, 1.82) is 0 Å². The lowest BCUT2D eigenvalue weighted by molar-refractivity contribution is -0.115. The highest BCUT2D eigenvalue weighted by Gasteiger charge is 2.17. The zero-order valence-electron chi connectivity index (χ0n) is 16.9. The molecular weight excluding hydrogens is 400 g/mol. The Morgan fingerprint density at radius 1 is 1.13 bits per heavy atom. The van der Waals surface area contributed by atoms with Crippen LogP contribution in [0.15, 0.2) is 55.1 Å². The molecule has 0 aliphatic rings. The molecule has 8 heteroatoms. The number of nitrogens with zero attached hydrogens (tertiary/aromatic N) is 5. The molecule has 30 heavy (non-hydrogen) atoms. The molecule has 1 N–H and O–H groups in total. The normalized spacial score (nSPS) is 10.9. The number of nitrogens with one attached hydrogen (secondary N) is 1. The predicted molar refractivity (Wildman–Crippen MR) is 116 cm³/mol. The fraction of sp³-hybridized carbons (Fsp3) is 0.182. The Morgan fingerprint density at radius 3 is 2.67 bits per heavy atom. The lowest BCUT2D eigenvalue weighted by Crippen LogP contribution is -2.17. The van der Waals surface area contributed by atoms with Gasteiger partial charge in [0.25, 0.3) is 0 Å². The number of hydrogen-bond acceptors (Lipinski definition) is 4. The van der Waals surface area contributed by atoms with Gasteiger partial charge in [-0.1, -0.05) is 29.8 Å². The third-order valence-electron chi connectivity index (χ3n) is 5.02. The van der Waals surface area contributed by atoms with Crippen molar-refractivity contribution in [3.8, 4) is 11.4 Å². The van der Waals surface area contributed by atoms with Crippen LogP contribution in [0.1, 0.15) is 22.5 Å². The fourth-order valence-electron chi connectivity index (χ4n) is 3.36. The first-order valence-corrected chi connectivity index (χ1v) is 9.87. The molecule has 1 amide bonds. The number of halogens is 1. The summed E-state index contributed by atoms with van der Waals surface area (Å²) in [7, 11) is 0. The van der Waals surface area contributed by atoms with E-state index in [4.69, 9.17) is 11.6 Å². The third-order valence-corrected chi connectivity index (χ3v) is 5.43. The highest BCUT2D eigenvalue weighted by Crippen LogP contribution is 2.24. The van der Waals surface area contributed by atoms with Gasteiger partial charge in [0, 0.05) is 16.3 Å². The van der Waals surface area contributed by atoms with Crippen LogP contribution in [0, 0.1) is 20.8 Å². The monoisotopic (exact) mass is 420 g/mol. The van der Waals surface area contributed by atoms with Gasteiger partial charge in [-0.2, -0.15) is 10.2 Å². The van der Waals surface area contributed by atoms with E-state index in [2.05, 4.69) is 20.5 Å². The summed E-state index contributed by atoms with van der Waals surface area (Å²) in [6.45, 7) is 5.82. The van der Waals surface area contributed by atoms with E-state index in [1.807, 2.05) is 67.9 Å². The molecule has 2 aromatic heterocycles. The SMILES string of the molecule is Cc1ccc(-n2nc(C)c(CC(=O)Nc3ccccc3-n3cncn3)c2C)cc1Cl. The van der Waals surface area contributed by atoms with Gasteiger partial charge in [-0.3, -0.25) is 4.79 Å². The third kappa shape index (κ3) is 3.84. The molecule has 0 atom stereocenters. The van der Waals surface area contributed by atoms with Crippen LogP contribution < -0.4 is 5.32 Å². The van der Waals surface area contributed by atoms with Gasteiger partial charge in [0.2, 0.25) is 5.91 Å². The number of anilines is 1. The lowest BCUT2D eigenvalue weighted by atomic mass is 10.1. The van der Waals surface area contributed by atoms with E-state index >= 15 is 0 Å². The van der Waals surface area contributed by atoms with Crippen molar-refractivity contribution in [2.24, 2.45) is 0 Å². The first-order valence-electron chi connectivity index (χ1n) is 9.49. The second-order valence-electron chi connectivity index (χ2n) is 7.08. The van der Waals surface area contributed by atoms with E-state index < -0.39 is 0 Å². The van der Waals surface area contributed by atoms with Gasteiger partial charge in [0.1, 0.15) is 12.7 Å². The second kappa shape index (κ2) is 8.12. The topological polar surface area (TPSA) is 77.6 Å². The maximum Gasteiger partial charge on any atom is 0.228 e. The number of carbonyl (C=O) groups is 1. The summed E-state index contributed by atoms with van der Waals surface area (Å²) < 4.78 is 3.44. The van der Waals surface area contributed by atoms with Crippen molar-refractivity contribution in [2.45, 2.75) is 27.2 Å². The minimum absolute atomic E-state index is 0.129. The summed E-state index contributed by atoms with van der Waals surface area (Å²) in [6.07, 6.45) is 3.26. The Morgan fingerprint density at radius 2 is 1.93 bits per heavy atom.